The first-order chi connectivity index (χ1) is 9.15. The zero-order valence-electron chi connectivity index (χ0n) is 11.5. The number of carbonyl (C=O) groups is 2. The van der Waals surface area contributed by atoms with Gasteiger partial charge in [0.2, 0.25) is 0 Å². The first kappa shape index (κ1) is 15.9. The number of hydrogen-bond acceptors (Lipinski definition) is 4. The van der Waals surface area contributed by atoms with Gasteiger partial charge < -0.3 is 20.0 Å². The third kappa shape index (κ3) is 4.18. The van der Waals surface area contributed by atoms with E-state index in [2.05, 4.69) is 0 Å². The van der Waals surface area contributed by atoms with Crippen LogP contribution in [0, 0.1) is 0 Å². The molecule has 1 saturated heterocycles. The largest absolute Gasteiger partial charge is 0.395 e. The number of nitrogens with zero attached hydrogens (tertiary/aromatic N) is 2. The molecule has 1 heterocycles. The van der Waals surface area contributed by atoms with Crippen molar-refractivity contribution in [2.75, 3.05) is 32.8 Å². The summed E-state index contributed by atoms with van der Waals surface area (Å²) in [4.78, 5) is 27.2. The summed E-state index contributed by atoms with van der Waals surface area (Å²) in [6, 6.07) is 0.135. The zero-order chi connectivity index (χ0) is 14.3. The van der Waals surface area contributed by atoms with Gasteiger partial charge in [-0.05, 0) is 25.7 Å². The van der Waals surface area contributed by atoms with Crippen LogP contribution in [0.4, 0.5) is 0 Å². The summed E-state index contributed by atoms with van der Waals surface area (Å²) in [6.07, 6.45) is 3.80. The molecule has 6 heteroatoms. The first-order valence-corrected chi connectivity index (χ1v) is 6.97. The topological polar surface area (TPSA) is 81.1 Å². The van der Waals surface area contributed by atoms with Crippen LogP contribution >= 0.6 is 0 Å². The smallest absolute Gasteiger partial charge is 0.312 e. The molecule has 0 aromatic heterocycles. The van der Waals surface area contributed by atoms with Gasteiger partial charge in [0.15, 0.2) is 0 Å². The second kappa shape index (κ2) is 8.12. The molecule has 1 unspecified atom stereocenters. The lowest BCUT2D eigenvalue weighted by Crippen LogP contribution is -2.51. The molecule has 1 rings (SSSR count). The third-order valence-corrected chi connectivity index (χ3v) is 3.57. The average Bonchev–Trinajstić information content (AvgIpc) is 2.45. The second-order valence-electron chi connectivity index (χ2n) is 4.80. The van der Waals surface area contributed by atoms with Gasteiger partial charge in [0, 0.05) is 25.7 Å². The molecule has 0 radical (unpaired) electrons. The predicted octanol–water partition coefficient (Wildman–Crippen LogP) is -0.409. The number of hydrogen-bond donors (Lipinski definition) is 2. The lowest BCUT2D eigenvalue weighted by Gasteiger charge is -2.35. The van der Waals surface area contributed by atoms with E-state index in [1.54, 1.807) is 4.90 Å². The van der Waals surface area contributed by atoms with Crippen molar-refractivity contribution in [1.82, 2.24) is 9.80 Å². The Morgan fingerprint density at radius 1 is 1.21 bits per heavy atom. The molecule has 1 atom stereocenters. The Bertz CT molecular complexity index is 303. The summed E-state index contributed by atoms with van der Waals surface area (Å²) >= 11 is 0. The maximum absolute atomic E-state index is 12.2. The van der Waals surface area contributed by atoms with Crippen molar-refractivity contribution in [2.45, 2.75) is 38.6 Å². The molecule has 1 fully saturated rings. The summed E-state index contributed by atoms with van der Waals surface area (Å²) in [7, 11) is 0. The van der Waals surface area contributed by atoms with Gasteiger partial charge >= 0.3 is 11.8 Å². The highest BCUT2D eigenvalue weighted by Gasteiger charge is 2.32. The maximum atomic E-state index is 12.2. The van der Waals surface area contributed by atoms with Gasteiger partial charge in [0.05, 0.1) is 13.2 Å². The van der Waals surface area contributed by atoms with E-state index in [1.165, 1.54) is 4.90 Å². The molecule has 1 aliphatic heterocycles. The molecule has 19 heavy (non-hydrogen) atoms. The second-order valence-corrected chi connectivity index (χ2v) is 4.80. The van der Waals surface area contributed by atoms with Crippen LogP contribution < -0.4 is 0 Å². The molecule has 0 bridgehead atoms. The van der Waals surface area contributed by atoms with E-state index in [9.17, 15) is 9.59 Å². The maximum Gasteiger partial charge on any atom is 0.312 e. The molecular formula is C13H24N2O4. The zero-order valence-corrected chi connectivity index (χ0v) is 11.5. The van der Waals surface area contributed by atoms with Gasteiger partial charge in [0.25, 0.3) is 0 Å². The summed E-state index contributed by atoms with van der Waals surface area (Å²) in [6.45, 7) is 2.37. The van der Waals surface area contributed by atoms with E-state index in [0.717, 1.165) is 25.7 Å². The summed E-state index contributed by atoms with van der Waals surface area (Å²) in [5.74, 6) is -1.13. The fraction of sp³-hybridized carbons (Fsp3) is 0.846. The van der Waals surface area contributed by atoms with Gasteiger partial charge in [0.1, 0.15) is 0 Å². The Balaban J connectivity index is 2.69. The highest BCUT2D eigenvalue weighted by atomic mass is 16.3. The van der Waals surface area contributed by atoms with Crippen molar-refractivity contribution in [3.63, 3.8) is 0 Å². The van der Waals surface area contributed by atoms with E-state index >= 15 is 0 Å². The predicted molar refractivity (Wildman–Crippen MR) is 70.4 cm³/mol. The van der Waals surface area contributed by atoms with E-state index < -0.39 is 11.8 Å². The van der Waals surface area contributed by atoms with Crippen molar-refractivity contribution in [3.8, 4) is 0 Å². The van der Waals surface area contributed by atoms with E-state index in [-0.39, 0.29) is 32.3 Å². The van der Waals surface area contributed by atoms with Crippen molar-refractivity contribution in [1.29, 1.82) is 0 Å². The van der Waals surface area contributed by atoms with Crippen LogP contribution in [0.1, 0.15) is 32.6 Å². The summed E-state index contributed by atoms with van der Waals surface area (Å²) in [5.41, 5.74) is 0. The first-order valence-electron chi connectivity index (χ1n) is 6.97. The summed E-state index contributed by atoms with van der Waals surface area (Å²) < 4.78 is 0. The Morgan fingerprint density at radius 2 is 1.84 bits per heavy atom. The molecule has 0 saturated carbocycles. The lowest BCUT2D eigenvalue weighted by atomic mass is 10.00. The molecular weight excluding hydrogens is 248 g/mol. The molecule has 0 aliphatic carbocycles. The molecule has 2 amide bonds. The lowest BCUT2D eigenvalue weighted by molar-refractivity contribution is -0.154. The van der Waals surface area contributed by atoms with Crippen LogP contribution in [-0.2, 0) is 9.59 Å². The van der Waals surface area contributed by atoms with Gasteiger partial charge in [-0.3, -0.25) is 9.59 Å². The number of carbonyl (C=O) groups excluding carboxylic acids is 2. The molecule has 110 valence electrons. The SMILES string of the molecule is CCC1CCCCN1C(=O)C(=O)N(CCO)CCO. The molecule has 0 aromatic rings. The van der Waals surface area contributed by atoms with Gasteiger partial charge in [-0.2, -0.15) is 0 Å². The fourth-order valence-corrected chi connectivity index (χ4v) is 2.51. The molecule has 0 spiro atoms. The van der Waals surface area contributed by atoms with Crippen LogP contribution in [-0.4, -0.2) is 70.7 Å². The van der Waals surface area contributed by atoms with Crippen molar-refractivity contribution >= 4 is 11.8 Å². The molecule has 2 N–H and O–H groups in total. The highest BCUT2D eigenvalue weighted by molar-refractivity contribution is 6.35. The van der Waals surface area contributed by atoms with Gasteiger partial charge in [-0.15, -0.1) is 0 Å². The van der Waals surface area contributed by atoms with Crippen LogP contribution in [0.3, 0.4) is 0 Å². The average molecular weight is 272 g/mol. The Kier molecular flexibility index (Phi) is 6.80. The van der Waals surface area contributed by atoms with Crippen LogP contribution in [0.25, 0.3) is 0 Å². The standard InChI is InChI=1S/C13H24N2O4/c1-2-11-5-3-4-6-15(11)13(19)12(18)14(7-9-16)8-10-17/h11,16-17H,2-10H2,1H3. The number of likely N-dealkylation sites (tertiary alicyclic amines) is 1. The molecule has 6 nitrogen and oxygen atoms in total. The van der Waals surface area contributed by atoms with Gasteiger partial charge in [-0.25, -0.2) is 0 Å². The van der Waals surface area contributed by atoms with Crippen LogP contribution in [0.5, 0.6) is 0 Å². The number of amides is 2. The van der Waals surface area contributed by atoms with Crippen LogP contribution in [0.2, 0.25) is 0 Å². The van der Waals surface area contributed by atoms with E-state index in [0.29, 0.717) is 6.54 Å². The van der Waals surface area contributed by atoms with E-state index in [1.807, 2.05) is 6.92 Å². The minimum atomic E-state index is -0.622. The Hall–Kier alpha value is -1.14. The third-order valence-electron chi connectivity index (χ3n) is 3.57. The van der Waals surface area contributed by atoms with Crippen molar-refractivity contribution < 1.29 is 19.8 Å². The normalized spacial score (nSPS) is 19.3. The number of piperidine rings is 1. The Morgan fingerprint density at radius 3 is 2.37 bits per heavy atom. The number of aliphatic hydroxyl groups is 2. The molecule has 1 aliphatic rings. The fourth-order valence-electron chi connectivity index (χ4n) is 2.51. The van der Waals surface area contributed by atoms with Crippen LogP contribution in [0.15, 0.2) is 0 Å². The molecule has 0 aromatic carbocycles. The minimum absolute atomic E-state index is 0.0791. The number of rotatable bonds is 5. The monoisotopic (exact) mass is 272 g/mol. The number of aliphatic hydroxyl groups excluding tert-OH is 2. The Labute approximate surface area is 114 Å². The van der Waals surface area contributed by atoms with Crippen molar-refractivity contribution in [2.24, 2.45) is 0 Å². The van der Waals surface area contributed by atoms with E-state index in [4.69, 9.17) is 10.2 Å². The minimum Gasteiger partial charge on any atom is -0.395 e. The van der Waals surface area contributed by atoms with Gasteiger partial charge in [-0.1, -0.05) is 6.92 Å². The highest BCUT2D eigenvalue weighted by Crippen LogP contribution is 2.19. The quantitative estimate of drug-likeness (QED) is 0.667. The van der Waals surface area contributed by atoms with Crippen molar-refractivity contribution in [3.05, 3.63) is 0 Å². The summed E-state index contributed by atoms with van der Waals surface area (Å²) in [5, 5.41) is 17.8.